The van der Waals surface area contributed by atoms with E-state index in [1.807, 2.05) is 30.3 Å². The molecule has 3 aromatic rings. The van der Waals surface area contributed by atoms with Gasteiger partial charge in [0.2, 0.25) is 5.91 Å². The van der Waals surface area contributed by atoms with Crippen LogP contribution in [0.3, 0.4) is 0 Å². The Morgan fingerprint density at radius 3 is 2.40 bits per heavy atom. The van der Waals surface area contributed by atoms with Gasteiger partial charge in [0.1, 0.15) is 4.90 Å². The lowest BCUT2D eigenvalue weighted by Crippen LogP contribution is -2.19. The van der Waals surface area contributed by atoms with Crippen molar-refractivity contribution in [3.63, 3.8) is 0 Å². The number of hydrazone groups is 1. The number of nitrogens with zero attached hydrogens (tertiary/aromatic N) is 1. The minimum Gasteiger partial charge on any atom is -0.282 e. The minimum absolute atomic E-state index is 0.0455. The Balaban J connectivity index is 1.91. The van der Waals surface area contributed by atoms with Crippen molar-refractivity contribution >= 4 is 45.4 Å². The van der Waals surface area contributed by atoms with Gasteiger partial charge < -0.3 is 0 Å². The van der Waals surface area contributed by atoms with Crippen molar-refractivity contribution < 1.29 is 17.8 Å². The Hall–Kier alpha value is -2.71. The van der Waals surface area contributed by atoms with Crippen LogP contribution in [0.25, 0.3) is 11.1 Å². The molecule has 1 amide bonds. The Labute approximate surface area is 183 Å². The van der Waals surface area contributed by atoms with Gasteiger partial charge in [-0.25, -0.2) is 5.43 Å². The Kier molecular flexibility index (Phi) is 6.89. The summed E-state index contributed by atoms with van der Waals surface area (Å²) in [4.78, 5) is 11.6. The predicted molar refractivity (Wildman–Crippen MR) is 118 cm³/mol. The Morgan fingerprint density at radius 2 is 1.70 bits per heavy atom. The van der Waals surface area contributed by atoms with Crippen molar-refractivity contribution in [2.75, 3.05) is 0 Å². The van der Waals surface area contributed by atoms with Crippen LogP contribution in [0, 0.1) is 0 Å². The van der Waals surface area contributed by atoms with Crippen molar-refractivity contribution in [1.82, 2.24) is 5.43 Å². The highest BCUT2D eigenvalue weighted by Gasteiger charge is 2.22. The fourth-order valence-electron chi connectivity index (χ4n) is 2.85. The van der Waals surface area contributed by atoms with E-state index in [9.17, 15) is 17.8 Å². The van der Waals surface area contributed by atoms with Gasteiger partial charge in [0.25, 0.3) is 10.1 Å². The molecule has 0 aromatic heterocycles. The Morgan fingerprint density at radius 1 is 1.03 bits per heavy atom. The maximum Gasteiger partial charge on any atom is 0.295 e. The van der Waals surface area contributed by atoms with E-state index in [0.717, 1.165) is 11.6 Å². The van der Waals surface area contributed by atoms with Crippen LogP contribution in [0.1, 0.15) is 11.1 Å². The molecule has 30 heavy (non-hydrogen) atoms. The summed E-state index contributed by atoms with van der Waals surface area (Å²) >= 11 is 12.2. The summed E-state index contributed by atoms with van der Waals surface area (Å²) in [6, 6.07) is 18.4. The van der Waals surface area contributed by atoms with Crippen LogP contribution in [0.5, 0.6) is 0 Å². The molecule has 0 bridgehead atoms. The minimum atomic E-state index is -4.60. The SMILES string of the molecule is O=C(Cc1ccccc1)N/N=C/c1ccccc1-c1c(Cl)cc(Cl)cc1S(=O)(=O)O. The molecule has 0 aliphatic heterocycles. The molecule has 0 heterocycles. The first kappa shape index (κ1) is 22.0. The summed E-state index contributed by atoms with van der Waals surface area (Å²) < 4.78 is 33.4. The average molecular weight is 463 g/mol. The van der Waals surface area contributed by atoms with Gasteiger partial charge in [0, 0.05) is 16.1 Å². The van der Waals surface area contributed by atoms with Crippen molar-refractivity contribution in [2.24, 2.45) is 5.10 Å². The largest absolute Gasteiger partial charge is 0.295 e. The maximum atomic E-state index is 12.1. The molecule has 0 atom stereocenters. The fraction of sp³-hybridized carbons (Fsp3) is 0.0476. The standard InChI is InChI=1S/C21H16Cl2N2O4S/c22-16-11-18(23)21(19(12-16)30(27,28)29)17-9-5-4-8-15(17)13-24-25-20(26)10-14-6-2-1-3-7-14/h1-9,11-13H,10H2,(H,25,26)(H,27,28,29)/b24-13+. The zero-order chi connectivity index (χ0) is 21.7. The number of nitrogens with one attached hydrogen (secondary N) is 1. The molecule has 0 unspecified atom stereocenters. The molecule has 6 nitrogen and oxygen atoms in total. The predicted octanol–water partition coefficient (Wildman–Crippen LogP) is 4.60. The number of hydrogen-bond donors (Lipinski definition) is 2. The van der Waals surface area contributed by atoms with Gasteiger partial charge in [-0.15, -0.1) is 0 Å². The molecule has 0 saturated carbocycles. The van der Waals surface area contributed by atoms with Crippen LogP contribution in [0.15, 0.2) is 76.7 Å². The zero-order valence-electron chi connectivity index (χ0n) is 15.4. The van der Waals surface area contributed by atoms with Crippen LogP contribution in [0.4, 0.5) is 0 Å². The molecule has 0 aliphatic rings. The highest BCUT2D eigenvalue weighted by molar-refractivity contribution is 7.86. The van der Waals surface area contributed by atoms with E-state index in [1.165, 1.54) is 12.3 Å². The first-order valence-electron chi connectivity index (χ1n) is 8.67. The van der Waals surface area contributed by atoms with Gasteiger partial charge in [-0.3, -0.25) is 9.35 Å². The van der Waals surface area contributed by atoms with Gasteiger partial charge in [0.05, 0.1) is 17.7 Å². The van der Waals surface area contributed by atoms with Gasteiger partial charge >= 0.3 is 0 Å². The molecule has 0 aliphatic carbocycles. The lowest BCUT2D eigenvalue weighted by molar-refractivity contribution is -0.120. The maximum absolute atomic E-state index is 12.1. The van der Waals surface area contributed by atoms with E-state index in [4.69, 9.17) is 23.2 Å². The molecule has 0 fully saturated rings. The second kappa shape index (κ2) is 9.40. The number of hydrogen-bond acceptors (Lipinski definition) is 4. The van der Waals surface area contributed by atoms with E-state index in [1.54, 1.807) is 24.3 Å². The van der Waals surface area contributed by atoms with Crippen LogP contribution in [0.2, 0.25) is 10.0 Å². The van der Waals surface area contributed by atoms with E-state index >= 15 is 0 Å². The van der Waals surface area contributed by atoms with Gasteiger partial charge in [-0.2, -0.15) is 13.5 Å². The van der Waals surface area contributed by atoms with Crippen molar-refractivity contribution in [3.05, 3.63) is 87.9 Å². The summed E-state index contributed by atoms with van der Waals surface area (Å²) in [7, 11) is -4.60. The topological polar surface area (TPSA) is 95.8 Å². The molecular weight excluding hydrogens is 447 g/mol. The molecule has 3 aromatic carbocycles. The number of amides is 1. The molecule has 154 valence electrons. The molecule has 2 N–H and O–H groups in total. The van der Waals surface area contributed by atoms with Crippen molar-refractivity contribution in [3.8, 4) is 11.1 Å². The average Bonchev–Trinajstić information content (AvgIpc) is 2.68. The van der Waals surface area contributed by atoms with Crippen LogP contribution in [-0.4, -0.2) is 25.1 Å². The summed E-state index contributed by atoms with van der Waals surface area (Å²) in [5, 5.41) is 4.07. The number of benzene rings is 3. The third kappa shape index (κ3) is 5.46. The summed E-state index contributed by atoms with van der Waals surface area (Å²) in [5.74, 6) is -0.307. The molecule has 9 heteroatoms. The first-order chi connectivity index (χ1) is 14.3. The summed E-state index contributed by atoms with van der Waals surface area (Å²) in [6.07, 6.45) is 1.53. The highest BCUT2D eigenvalue weighted by atomic mass is 35.5. The Bertz CT molecular complexity index is 1210. The zero-order valence-corrected chi connectivity index (χ0v) is 17.7. The highest BCUT2D eigenvalue weighted by Crippen LogP contribution is 2.38. The normalized spacial score (nSPS) is 11.6. The second-order valence-electron chi connectivity index (χ2n) is 6.28. The lowest BCUT2D eigenvalue weighted by Gasteiger charge is -2.13. The number of carbonyl (C=O) groups is 1. The number of carbonyl (C=O) groups excluding carboxylic acids is 1. The third-order valence-corrected chi connectivity index (χ3v) is 5.52. The smallest absolute Gasteiger partial charge is 0.282 e. The second-order valence-corrected chi connectivity index (χ2v) is 8.51. The van der Waals surface area contributed by atoms with E-state index in [2.05, 4.69) is 10.5 Å². The third-order valence-electron chi connectivity index (χ3n) is 4.13. The van der Waals surface area contributed by atoms with E-state index in [-0.39, 0.29) is 27.9 Å². The lowest BCUT2D eigenvalue weighted by atomic mass is 10.00. The van der Waals surface area contributed by atoms with Crippen molar-refractivity contribution in [2.45, 2.75) is 11.3 Å². The van der Waals surface area contributed by atoms with Crippen LogP contribution < -0.4 is 5.43 Å². The fourth-order valence-corrected chi connectivity index (χ4v) is 4.32. The molecule has 0 radical (unpaired) electrons. The van der Waals surface area contributed by atoms with Crippen LogP contribution >= 0.6 is 23.2 Å². The van der Waals surface area contributed by atoms with Gasteiger partial charge in [-0.1, -0.05) is 77.8 Å². The first-order valence-corrected chi connectivity index (χ1v) is 10.9. The molecular formula is C21H16Cl2N2O4S. The number of halogens is 2. The quantitative estimate of drug-likeness (QED) is 0.317. The molecule has 0 spiro atoms. The molecule has 3 rings (SSSR count). The summed E-state index contributed by atoms with van der Waals surface area (Å²) in [6.45, 7) is 0. The van der Waals surface area contributed by atoms with E-state index < -0.39 is 15.0 Å². The van der Waals surface area contributed by atoms with Crippen molar-refractivity contribution in [1.29, 1.82) is 0 Å². The van der Waals surface area contributed by atoms with Crippen LogP contribution in [-0.2, 0) is 21.3 Å². The molecule has 0 saturated heterocycles. The van der Waals surface area contributed by atoms with Gasteiger partial charge in [0.15, 0.2) is 0 Å². The van der Waals surface area contributed by atoms with E-state index in [0.29, 0.717) is 11.1 Å². The number of rotatable bonds is 6. The van der Waals surface area contributed by atoms with Gasteiger partial charge in [-0.05, 0) is 23.3 Å². The monoisotopic (exact) mass is 462 g/mol. The summed E-state index contributed by atoms with van der Waals surface area (Å²) in [5.41, 5.74) is 4.24.